The molecule has 0 aromatic heterocycles. The van der Waals surface area contributed by atoms with E-state index in [4.69, 9.17) is 9.47 Å². The van der Waals surface area contributed by atoms with Gasteiger partial charge < -0.3 is 19.1 Å². The number of benzene rings is 2. The van der Waals surface area contributed by atoms with Gasteiger partial charge >= 0.3 is 12.5 Å². The van der Waals surface area contributed by atoms with E-state index in [1.54, 1.807) is 11.0 Å². The Labute approximate surface area is 187 Å². The Balaban J connectivity index is 1.32. The van der Waals surface area contributed by atoms with Crippen molar-refractivity contribution >= 4 is 11.8 Å². The Hall–Kier alpha value is -3.34. The lowest BCUT2D eigenvalue weighted by atomic mass is 9.83. The van der Waals surface area contributed by atoms with E-state index in [-0.39, 0.29) is 23.1 Å². The fourth-order valence-electron chi connectivity index (χ4n) is 4.27. The molecular formula is C22H21F3N2O6. The molecule has 2 aromatic rings. The van der Waals surface area contributed by atoms with Crippen LogP contribution in [0.25, 0.3) is 0 Å². The maximum absolute atomic E-state index is 12.5. The number of carbonyl (C=O) groups is 1. The van der Waals surface area contributed by atoms with Crippen LogP contribution in [0.15, 0.2) is 48.5 Å². The molecule has 0 N–H and O–H groups in total. The first-order valence-corrected chi connectivity index (χ1v) is 10.3. The molecule has 0 radical (unpaired) electrons. The summed E-state index contributed by atoms with van der Waals surface area (Å²) in [7, 11) is 0. The van der Waals surface area contributed by atoms with Gasteiger partial charge in [-0.15, -0.1) is 13.2 Å². The minimum absolute atomic E-state index is 0.0691. The van der Waals surface area contributed by atoms with Crippen LogP contribution >= 0.6 is 0 Å². The third kappa shape index (κ3) is 5.54. The summed E-state index contributed by atoms with van der Waals surface area (Å²) in [5.41, 5.74) is 0.169. The molecule has 0 saturated carbocycles. The lowest BCUT2D eigenvalue weighted by Gasteiger charge is -2.38. The second-order valence-electron chi connectivity index (χ2n) is 8.12. The highest BCUT2D eigenvalue weighted by Crippen LogP contribution is 2.43. The summed E-state index contributed by atoms with van der Waals surface area (Å²) in [4.78, 5) is 24.2. The number of carbonyl (C=O) groups excluding carboxylic acids is 1. The van der Waals surface area contributed by atoms with Crippen LogP contribution in [0.4, 0.5) is 23.7 Å². The van der Waals surface area contributed by atoms with Gasteiger partial charge in [-0.3, -0.25) is 10.1 Å². The zero-order valence-corrected chi connectivity index (χ0v) is 17.4. The van der Waals surface area contributed by atoms with Crippen molar-refractivity contribution in [2.75, 3.05) is 19.7 Å². The number of piperidine rings is 1. The molecule has 1 atom stereocenters. The molecule has 11 heteroatoms. The van der Waals surface area contributed by atoms with Gasteiger partial charge in [0.15, 0.2) is 0 Å². The Morgan fingerprint density at radius 1 is 1.12 bits per heavy atom. The SMILES string of the molecule is O=C(Oc1ccc([N+](=O)[O-])cc1)N1CCC2(CC1)CC(c1cccc(OC(F)(F)F)c1)CO2. The molecule has 2 fully saturated rings. The minimum Gasteiger partial charge on any atom is -0.410 e. The van der Waals surface area contributed by atoms with Crippen molar-refractivity contribution in [2.45, 2.75) is 37.1 Å². The molecule has 1 amide bonds. The van der Waals surface area contributed by atoms with Crippen LogP contribution in [0, 0.1) is 10.1 Å². The lowest BCUT2D eigenvalue weighted by Crippen LogP contribution is -2.47. The van der Waals surface area contributed by atoms with E-state index in [1.165, 1.54) is 42.5 Å². The topological polar surface area (TPSA) is 91.1 Å². The van der Waals surface area contributed by atoms with Gasteiger partial charge in [-0.25, -0.2) is 4.79 Å². The van der Waals surface area contributed by atoms with E-state index in [9.17, 15) is 28.1 Å². The van der Waals surface area contributed by atoms with Gasteiger partial charge in [-0.2, -0.15) is 0 Å². The molecule has 2 aromatic carbocycles. The van der Waals surface area contributed by atoms with Crippen LogP contribution in [-0.2, 0) is 4.74 Å². The average Bonchev–Trinajstić information content (AvgIpc) is 3.17. The number of hydrogen-bond donors (Lipinski definition) is 0. The van der Waals surface area contributed by atoms with Crippen LogP contribution in [-0.4, -0.2) is 47.6 Å². The first kappa shape index (κ1) is 22.8. The van der Waals surface area contributed by atoms with Crippen LogP contribution in [0.3, 0.4) is 0 Å². The van der Waals surface area contributed by atoms with Crippen molar-refractivity contribution in [3.63, 3.8) is 0 Å². The third-order valence-corrected chi connectivity index (χ3v) is 5.96. The van der Waals surface area contributed by atoms with E-state index in [0.29, 0.717) is 44.5 Å². The number of nitro groups is 1. The van der Waals surface area contributed by atoms with E-state index in [0.717, 1.165) is 0 Å². The Bertz CT molecular complexity index is 1020. The van der Waals surface area contributed by atoms with Gasteiger partial charge in [0, 0.05) is 31.1 Å². The van der Waals surface area contributed by atoms with Gasteiger partial charge in [-0.05, 0) is 49.1 Å². The number of likely N-dealkylation sites (tertiary alicyclic amines) is 1. The summed E-state index contributed by atoms with van der Waals surface area (Å²) in [5.74, 6) is -0.117. The Morgan fingerprint density at radius 3 is 2.45 bits per heavy atom. The number of amides is 1. The Kier molecular flexibility index (Phi) is 6.15. The minimum atomic E-state index is -4.75. The van der Waals surface area contributed by atoms with Gasteiger partial charge in [0.1, 0.15) is 11.5 Å². The molecule has 2 aliphatic heterocycles. The van der Waals surface area contributed by atoms with Crippen molar-refractivity contribution in [2.24, 2.45) is 0 Å². The van der Waals surface area contributed by atoms with Gasteiger partial charge in [0.2, 0.25) is 0 Å². The molecule has 1 unspecified atom stereocenters. The van der Waals surface area contributed by atoms with E-state index in [2.05, 4.69) is 4.74 Å². The summed E-state index contributed by atoms with van der Waals surface area (Å²) in [5, 5.41) is 10.7. The number of rotatable bonds is 4. The van der Waals surface area contributed by atoms with Crippen molar-refractivity contribution in [3.05, 3.63) is 64.2 Å². The first-order valence-electron chi connectivity index (χ1n) is 10.3. The molecule has 2 aliphatic rings. The number of alkyl halides is 3. The van der Waals surface area contributed by atoms with Crippen molar-refractivity contribution in [1.29, 1.82) is 0 Å². The second-order valence-corrected chi connectivity index (χ2v) is 8.12. The average molecular weight is 466 g/mol. The van der Waals surface area contributed by atoms with E-state index in [1.807, 2.05) is 0 Å². The third-order valence-electron chi connectivity index (χ3n) is 5.96. The standard InChI is InChI=1S/C22H21F3N2O6/c23-22(24,25)33-19-3-1-2-15(12-19)16-13-21(31-14-16)8-10-26(11-9-21)20(28)32-18-6-4-17(5-7-18)27(29)30/h1-7,12,16H,8-11,13-14H2. The fraction of sp³-hybridized carbons (Fsp3) is 0.409. The largest absolute Gasteiger partial charge is 0.573 e. The maximum Gasteiger partial charge on any atom is 0.573 e. The lowest BCUT2D eigenvalue weighted by molar-refractivity contribution is -0.384. The van der Waals surface area contributed by atoms with Gasteiger partial charge in [-0.1, -0.05) is 12.1 Å². The van der Waals surface area contributed by atoms with Crippen molar-refractivity contribution in [1.82, 2.24) is 4.90 Å². The normalized spacial score (nSPS) is 20.0. The smallest absolute Gasteiger partial charge is 0.410 e. The highest BCUT2D eigenvalue weighted by Gasteiger charge is 2.44. The predicted molar refractivity (Wildman–Crippen MR) is 109 cm³/mol. The quantitative estimate of drug-likeness (QED) is 0.464. The number of ether oxygens (including phenoxy) is 3. The summed E-state index contributed by atoms with van der Waals surface area (Å²) >= 11 is 0. The van der Waals surface area contributed by atoms with Crippen molar-refractivity contribution in [3.8, 4) is 11.5 Å². The molecule has 1 spiro atoms. The second kappa shape index (κ2) is 8.89. The van der Waals surface area contributed by atoms with Crippen molar-refractivity contribution < 1.29 is 37.1 Å². The number of nitro benzene ring substituents is 1. The van der Waals surface area contributed by atoms with Crippen LogP contribution in [0.5, 0.6) is 11.5 Å². The molecule has 4 rings (SSSR count). The van der Waals surface area contributed by atoms with Gasteiger partial charge in [0.25, 0.3) is 5.69 Å². The number of hydrogen-bond acceptors (Lipinski definition) is 6. The fourth-order valence-corrected chi connectivity index (χ4v) is 4.27. The molecule has 0 aliphatic carbocycles. The zero-order valence-electron chi connectivity index (χ0n) is 17.4. The number of non-ortho nitro benzene ring substituents is 1. The molecule has 33 heavy (non-hydrogen) atoms. The summed E-state index contributed by atoms with van der Waals surface area (Å²) in [6.45, 7) is 1.17. The van der Waals surface area contributed by atoms with Gasteiger partial charge in [0.05, 0.1) is 17.1 Å². The Morgan fingerprint density at radius 2 is 1.82 bits per heavy atom. The molecule has 176 valence electrons. The van der Waals surface area contributed by atoms with E-state index >= 15 is 0 Å². The summed E-state index contributed by atoms with van der Waals surface area (Å²) in [6.07, 6.45) is -3.53. The first-order chi connectivity index (χ1) is 15.6. The van der Waals surface area contributed by atoms with E-state index < -0.39 is 23.0 Å². The molecule has 0 bridgehead atoms. The highest BCUT2D eigenvalue weighted by molar-refractivity contribution is 5.71. The van der Waals surface area contributed by atoms with Crippen LogP contribution in [0.2, 0.25) is 0 Å². The highest BCUT2D eigenvalue weighted by atomic mass is 19.4. The predicted octanol–water partition coefficient (Wildman–Crippen LogP) is 5.03. The summed E-state index contributed by atoms with van der Waals surface area (Å²) in [6, 6.07) is 11.2. The molecular weight excluding hydrogens is 445 g/mol. The zero-order chi connectivity index (χ0) is 23.6. The van der Waals surface area contributed by atoms with Crippen LogP contribution in [0.1, 0.15) is 30.7 Å². The molecule has 8 nitrogen and oxygen atoms in total. The maximum atomic E-state index is 12.5. The van der Waals surface area contributed by atoms with Crippen LogP contribution < -0.4 is 9.47 Å². The number of nitrogens with zero attached hydrogens (tertiary/aromatic N) is 2. The summed E-state index contributed by atoms with van der Waals surface area (Å²) < 4.78 is 52.9. The monoisotopic (exact) mass is 466 g/mol. The molecule has 2 heterocycles. The molecule has 2 saturated heterocycles. The number of halogens is 3.